The van der Waals surface area contributed by atoms with Crippen LogP contribution >= 0.6 is 0 Å². The molecule has 1 saturated carbocycles. The Morgan fingerprint density at radius 1 is 1.22 bits per heavy atom. The highest BCUT2D eigenvalue weighted by Gasteiger charge is 2.18. The third kappa shape index (κ3) is 6.36. The quantitative estimate of drug-likeness (QED) is 0.686. The van der Waals surface area contributed by atoms with Gasteiger partial charge in [0.15, 0.2) is 0 Å². The van der Waals surface area contributed by atoms with Crippen molar-refractivity contribution in [1.82, 2.24) is 0 Å². The first-order valence-corrected chi connectivity index (χ1v) is 7.04. The Hall–Kier alpha value is -0.610. The molecule has 18 heavy (non-hydrogen) atoms. The minimum absolute atomic E-state index is 0.0308. The smallest absolute Gasteiger partial charge is 0.308 e. The molecule has 0 aliphatic heterocycles. The zero-order valence-corrected chi connectivity index (χ0v) is 11.3. The molecule has 4 heteroatoms. The van der Waals surface area contributed by atoms with Crippen molar-refractivity contribution >= 4 is 5.97 Å². The summed E-state index contributed by atoms with van der Waals surface area (Å²) in [6.45, 7) is 0. The van der Waals surface area contributed by atoms with Crippen LogP contribution in [0.4, 0.5) is 0 Å². The zero-order valence-electron chi connectivity index (χ0n) is 11.3. The highest BCUT2D eigenvalue weighted by molar-refractivity contribution is 5.69. The summed E-state index contributed by atoms with van der Waals surface area (Å²) in [7, 11) is 1.30. The van der Waals surface area contributed by atoms with E-state index in [4.69, 9.17) is 0 Å². The highest BCUT2D eigenvalue weighted by Crippen LogP contribution is 2.28. The van der Waals surface area contributed by atoms with Crippen LogP contribution in [0.1, 0.15) is 57.8 Å². The summed E-state index contributed by atoms with van der Waals surface area (Å²) in [4.78, 5) is 10.9. The van der Waals surface area contributed by atoms with E-state index in [2.05, 4.69) is 4.74 Å². The first kappa shape index (κ1) is 15.4. The van der Waals surface area contributed by atoms with Crippen molar-refractivity contribution in [3.8, 4) is 0 Å². The minimum atomic E-state index is -0.793. The largest absolute Gasteiger partial charge is 0.469 e. The molecular weight excluding hydrogens is 232 g/mol. The molecule has 1 rings (SSSR count). The molecule has 2 atom stereocenters. The van der Waals surface area contributed by atoms with E-state index >= 15 is 0 Å². The first-order chi connectivity index (χ1) is 8.61. The Morgan fingerprint density at radius 2 is 1.89 bits per heavy atom. The second-order valence-corrected chi connectivity index (χ2v) is 5.40. The Kier molecular flexibility index (Phi) is 7.28. The Bertz CT molecular complexity index is 236. The maximum atomic E-state index is 10.9. The normalized spacial score (nSPS) is 20.4. The van der Waals surface area contributed by atoms with Crippen LogP contribution in [-0.4, -0.2) is 35.5 Å². The van der Waals surface area contributed by atoms with Gasteiger partial charge in [-0.15, -0.1) is 0 Å². The van der Waals surface area contributed by atoms with Crippen molar-refractivity contribution < 1.29 is 19.7 Å². The minimum Gasteiger partial charge on any atom is -0.469 e. The summed E-state index contributed by atoms with van der Waals surface area (Å²) in [6, 6.07) is 0. The molecule has 106 valence electrons. The molecule has 0 radical (unpaired) electrons. The molecule has 4 nitrogen and oxygen atoms in total. The molecular formula is C14H26O4. The fraction of sp³-hybridized carbons (Fsp3) is 0.929. The van der Waals surface area contributed by atoms with Crippen LogP contribution in [0.3, 0.4) is 0 Å². The van der Waals surface area contributed by atoms with Gasteiger partial charge in [0.05, 0.1) is 25.7 Å². The van der Waals surface area contributed by atoms with Crippen molar-refractivity contribution in [3.63, 3.8) is 0 Å². The predicted molar refractivity (Wildman–Crippen MR) is 69.1 cm³/mol. The summed E-state index contributed by atoms with van der Waals surface area (Å²) < 4.78 is 4.48. The van der Waals surface area contributed by atoms with Gasteiger partial charge in [-0.25, -0.2) is 0 Å². The maximum absolute atomic E-state index is 10.9. The maximum Gasteiger partial charge on any atom is 0.308 e. The van der Waals surface area contributed by atoms with Gasteiger partial charge >= 0.3 is 5.97 Å². The van der Waals surface area contributed by atoms with Crippen LogP contribution in [-0.2, 0) is 9.53 Å². The zero-order chi connectivity index (χ0) is 13.4. The van der Waals surface area contributed by atoms with Crippen LogP contribution in [0, 0.1) is 5.92 Å². The average molecular weight is 258 g/mol. The second kappa shape index (κ2) is 8.48. The number of ether oxygens (including phenoxy) is 1. The molecule has 0 heterocycles. The van der Waals surface area contributed by atoms with E-state index in [0.29, 0.717) is 0 Å². The van der Waals surface area contributed by atoms with E-state index in [1.165, 1.54) is 39.2 Å². The lowest BCUT2D eigenvalue weighted by atomic mass is 9.85. The predicted octanol–water partition coefficient (Wildman–Crippen LogP) is 2.02. The summed E-state index contributed by atoms with van der Waals surface area (Å²) in [5.74, 6) is 0.313. The molecule has 2 N–H and O–H groups in total. The van der Waals surface area contributed by atoms with Crippen molar-refractivity contribution in [3.05, 3.63) is 0 Å². The third-order valence-electron chi connectivity index (χ3n) is 3.81. The van der Waals surface area contributed by atoms with Crippen LogP contribution in [0.2, 0.25) is 0 Å². The third-order valence-corrected chi connectivity index (χ3v) is 3.81. The Balaban J connectivity index is 2.12. The van der Waals surface area contributed by atoms with Gasteiger partial charge in [-0.3, -0.25) is 4.79 Å². The van der Waals surface area contributed by atoms with E-state index in [0.717, 1.165) is 18.8 Å². The van der Waals surface area contributed by atoms with Gasteiger partial charge in [-0.2, -0.15) is 0 Å². The van der Waals surface area contributed by atoms with Crippen LogP contribution in [0.15, 0.2) is 0 Å². The number of rotatable bonds is 7. The summed E-state index contributed by atoms with van der Waals surface area (Å²) in [6.07, 6.45) is 7.21. The van der Waals surface area contributed by atoms with E-state index in [1.54, 1.807) is 0 Å². The van der Waals surface area contributed by atoms with Crippen molar-refractivity contribution in [2.45, 2.75) is 70.0 Å². The highest BCUT2D eigenvalue weighted by atomic mass is 16.5. The summed E-state index contributed by atoms with van der Waals surface area (Å²) in [5.41, 5.74) is 0. The number of esters is 1. The number of carbonyl (C=O) groups is 1. The van der Waals surface area contributed by atoms with Gasteiger partial charge in [0.25, 0.3) is 0 Å². The summed E-state index contributed by atoms with van der Waals surface area (Å²) in [5, 5.41) is 19.4. The SMILES string of the molecule is COC(=O)C[C@H](O)C[C@H](O)CCC1CCCCC1. The van der Waals surface area contributed by atoms with Crippen molar-refractivity contribution in [1.29, 1.82) is 0 Å². The number of carbonyl (C=O) groups excluding carboxylic acids is 1. The van der Waals surface area contributed by atoms with Crippen LogP contribution < -0.4 is 0 Å². The molecule has 1 fully saturated rings. The molecule has 1 aliphatic rings. The van der Waals surface area contributed by atoms with Gasteiger partial charge < -0.3 is 14.9 Å². The number of hydrogen-bond donors (Lipinski definition) is 2. The molecule has 0 unspecified atom stereocenters. The number of hydrogen-bond acceptors (Lipinski definition) is 4. The monoisotopic (exact) mass is 258 g/mol. The molecule has 0 bridgehead atoms. The molecule has 0 aromatic heterocycles. The Morgan fingerprint density at radius 3 is 2.50 bits per heavy atom. The van der Waals surface area contributed by atoms with Gasteiger partial charge in [0.1, 0.15) is 0 Å². The van der Waals surface area contributed by atoms with Crippen LogP contribution in [0.5, 0.6) is 0 Å². The number of aliphatic hydroxyl groups is 2. The molecule has 0 aromatic rings. The Labute approximate surface area is 109 Å². The van der Waals surface area contributed by atoms with Crippen LogP contribution in [0.25, 0.3) is 0 Å². The lowest BCUT2D eigenvalue weighted by molar-refractivity contribution is -0.143. The van der Waals surface area contributed by atoms with Crippen molar-refractivity contribution in [2.75, 3.05) is 7.11 Å². The van der Waals surface area contributed by atoms with Gasteiger partial charge in [0, 0.05) is 0 Å². The standard InChI is InChI=1S/C14H26O4/c1-18-14(17)10-13(16)9-12(15)8-7-11-5-3-2-4-6-11/h11-13,15-16H,2-10H2,1H3/t12-,13-/m1/s1. The molecule has 0 aromatic carbocycles. The fourth-order valence-electron chi connectivity index (χ4n) is 2.69. The van der Waals surface area contributed by atoms with E-state index in [1.807, 2.05) is 0 Å². The molecule has 1 aliphatic carbocycles. The summed E-state index contributed by atoms with van der Waals surface area (Å²) >= 11 is 0. The molecule has 0 amide bonds. The molecule has 0 spiro atoms. The van der Waals surface area contributed by atoms with Gasteiger partial charge in [-0.1, -0.05) is 32.1 Å². The molecule has 0 saturated heterocycles. The van der Waals surface area contributed by atoms with Gasteiger partial charge in [0.2, 0.25) is 0 Å². The van der Waals surface area contributed by atoms with Crippen molar-refractivity contribution in [2.24, 2.45) is 5.92 Å². The van der Waals surface area contributed by atoms with E-state index in [9.17, 15) is 15.0 Å². The first-order valence-electron chi connectivity index (χ1n) is 7.04. The number of aliphatic hydroxyl groups excluding tert-OH is 2. The lowest BCUT2D eigenvalue weighted by Crippen LogP contribution is -2.22. The fourth-order valence-corrected chi connectivity index (χ4v) is 2.69. The lowest BCUT2D eigenvalue weighted by Gasteiger charge is -2.23. The van der Waals surface area contributed by atoms with Gasteiger partial charge in [-0.05, 0) is 25.2 Å². The second-order valence-electron chi connectivity index (χ2n) is 5.40. The topological polar surface area (TPSA) is 66.8 Å². The average Bonchev–Trinajstić information content (AvgIpc) is 2.37. The van der Waals surface area contributed by atoms with E-state index < -0.39 is 18.2 Å². The number of methoxy groups -OCH3 is 1. The van der Waals surface area contributed by atoms with E-state index in [-0.39, 0.29) is 12.8 Å².